The summed E-state index contributed by atoms with van der Waals surface area (Å²) in [4.78, 5) is 4.57. The molecule has 2 heteroatoms. The Hall–Kier alpha value is -0.500. The Morgan fingerprint density at radius 1 is 1.71 bits per heavy atom. The van der Waals surface area contributed by atoms with E-state index in [-0.39, 0.29) is 0 Å². The summed E-state index contributed by atoms with van der Waals surface area (Å²) < 4.78 is 0. The predicted octanol–water partition coefficient (Wildman–Crippen LogP) is 1.17. The molecule has 1 heterocycles. The van der Waals surface area contributed by atoms with E-state index in [0.717, 1.165) is 4.90 Å². The lowest BCUT2D eigenvalue weighted by atomic mass is 10.5. The van der Waals surface area contributed by atoms with Gasteiger partial charge < -0.3 is 0 Å². The molecular formula is C5H4NS. The van der Waals surface area contributed by atoms with Gasteiger partial charge in [0, 0.05) is 23.4 Å². The maximum atomic E-state index is 3.99. The quantitative estimate of drug-likeness (QED) is 0.495. The Balaban J connectivity index is 3.02. The monoisotopic (exact) mass is 110 g/mol. The number of rotatable bonds is 0. The van der Waals surface area contributed by atoms with Crippen molar-refractivity contribution < 1.29 is 0 Å². The molecule has 1 aromatic rings. The van der Waals surface area contributed by atoms with Crippen LogP contribution in [0, 0.1) is 6.07 Å². The van der Waals surface area contributed by atoms with Gasteiger partial charge in [-0.1, -0.05) is 0 Å². The maximum absolute atomic E-state index is 3.99. The number of aromatic nitrogens is 1. The summed E-state index contributed by atoms with van der Waals surface area (Å²) in [5.74, 6) is 0. The molecule has 0 atom stereocenters. The van der Waals surface area contributed by atoms with Gasteiger partial charge in [0.25, 0.3) is 0 Å². The first kappa shape index (κ1) is 4.65. The van der Waals surface area contributed by atoms with E-state index in [2.05, 4.69) is 23.7 Å². The second-order valence-corrected chi connectivity index (χ2v) is 1.61. The second kappa shape index (κ2) is 1.98. The van der Waals surface area contributed by atoms with Crippen molar-refractivity contribution in [3.63, 3.8) is 0 Å². The van der Waals surface area contributed by atoms with Crippen molar-refractivity contribution in [3.05, 3.63) is 24.5 Å². The van der Waals surface area contributed by atoms with Gasteiger partial charge in [0.2, 0.25) is 0 Å². The van der Waals surface area contributed by atoms with E-state index < -0.39 is 0 Å². The molecule has 0 N–H and O–H groups in total. The highest BCUT2D eigenvalue weighted by Crippen LogP contribution is 1.97. The molecule has 0 aliphatic carbocycles. The van der Waals surface area contributed by atoms with E-state index in [1.54, 1.807) is 18.5 Å². The van der Waals surface area contributed by atoms with Crippen molar-refractivity contribution in [3.8, 4) is 0 Å². The Kier molecular flexibility index (Phi) is 1.32. The molecule has 0 unspecified atom stereocenters. The van der Waals surface area contributed by atoms with E-state index >= 15 is 0 Å². The lowest BCUT2D eigenvalue weighted by Gasteiger charge is -1.80. The topological polar surface area (TPSA) is 12.9 Å². The number of pyridine rings is 1. The van der Waals surface area contributed by atoms with Crippen LogP contribution in [0.4, 0.5) is 0 Å². The fraction of sp³-hybridized carbons (Fsp3) is 0. The molecule has 0 aromatic carbocycles. The molecule has 0 amide bonds. The second-order valence-electron chi connectivity index (χ2n) is 1.12. The van der Waals surface area contributed by atoms with Crippen LogP contribution < -0.4 is 0 Å². The minimum Gasteiger partial charge on any atom is -0.264 e. The highest BCUT2D eigenvalue weighted by atomic mass is 32.1. The zero-order valence-corrected chi connectivity index (χ0v) is 4.52. The van der Waals surface area contributed by atoms with Crippen molar-refractivity contribution in [2.75, 3.05) is 0 Å². The minimum atomic E-state index is 0.829. The number of hydrogen-bond acceptors (Lipinski definition) is 2. The van der Waals surface area contributed by atoms with Crippen LogP contribution in [-0.4, -0.2) is 4.98 Å². The van der Waals surface area contributed by atoms with Crippen molar-refractivity contribution in [1.82, 2.24) is 4.98 Å². The standard InChI is InChI=1S/C5H4NS/c7-5-1-3-6-4-2-5/h1,3-4H,(H,6,7). The molecule has 1 aromatic heterocycles. The summed E-state index contributed by atoms with van der Waals surface area (Å²) in [6.45, 7) is 0. The van der Waals surface area contributed by atoms with Gasteiger partial charge in [0.15, 0.2) is 0 Å². The maximum Gasteiger partial charge on any atom is 0.0358 e. The van der Waals surface area contributed by atoms with Gasteiger partial charge in [-0.2, -0.15) is 0 Å². The highest BCUT2D eigenvalue weighted by molar-refractivity contribution is 7.80. The van der Waals surface area contributed by atoms with Gasteiger partial charge in [0.1, 0.15) is 0 Å². The SMILES string of the molecule is Sc1[c]cncc1. The average molecular weight is 110 g/mol. The molecule has 1 rings (SSSR count). The molecule has 0 saturated heterocycles. The van der Waals surface area contributed by atoms with E-state index in [0.29, 0.717) is 0 Å². The molecule has 0 aliphatic rings. The first-order valence-electron chi connectivity index (χ1n) is 1.90. The molecule has 7 heavy (non-hydrogen) atoms. The molecule has 1 nitrogen and oxygen atoms in total. The van der Waals surface area contributed by atoms with Crippen molar-refractivity contribution >= 4 is 12.6 Å². The van der Waals surface area contributed by atoms with Crippen molar-refractivity contribution in [2.24, 2.45) is 0 Å². The Labute approximate surface area is 47.8 Å². The fourth-order valence-electron chi connectivity index (χ4n) is 0.308. The van der Waals surface area contributed by atoms with Gasteiger partial charge in [0.05, 0.1) is 0 Å². The first-order valence-corrected chi connectivity index (χ1v) is 2.35. The Bertz CT molecular complexity index is 138. The predicted molar refractivity (Wildman–Crippen MR) is 30.3 cm³/mol. The first-order chi connectivity index (χ1) is 3.39. The molecule has 0 fully saturated rings. The summed E-state index contributed by atoms with van der Waals surface area (Å²) in [7, 11) is 0. The van der Waals surface area contributed by atoms with Crippen LogP contribution in [0.5, 0.6) is 0 Å². The van der Waals surface area contributed by atoms with E-state index in [1.165, 1.54) is 0 Å². The minimum absolute atomic E-state index is 0.829. The van der Waals surface area contributed by atoms with E-state index in [4.69, 9.17) is 0 Å². The molecule has 0 saturated carbocycles. The molecule has 35 valence electrons. The van der Waals surface area contributed by atoms with Crippen molar-refractivity contribution in [2.45, 2.75) is 4.90 Å². The van der Waals surface area contributed by atoms with Crippen LogP contribution in [0.25, 0.3) is 0 Å². The fourth-order valence-corrected chi connectivity index (χ4v) is 0.433. The molecule has 0 bridgehead atoms. The van der Waals surface area contributed by atoms with Crippen LogP contribution in [0.15, 0.2) is 23.4 Å². The van der Waals surface area contributed by atoms with Gasteiger partial charge in [-0.3, -0.25) is 4.98 Å². The van der Waals surface area contributed by atoms with Crippen LogP contribution in [0.1, 0.15) is 0 Å². The molecular weight excluding hydrogens is 106 g/mol. The van der Waals surface area contributed by atoms with Gasteiger partial charge in [-0.15, -0.1) is 12.6 Å². The third kappa shape index (κ3) is 1.20. The number of hydrogen-bond donors (Lipinski definition) is 1. The third-order valence-corrected chi connectivity index (χ3v) is 0.884. The summed E-state index contributed by atoms with van der Waals surface area (Å²) in [5, 5.41) is 0. The third-order valence-electron chi connectivity index (χ3n) is 0.605. The number of thiol groups is 1. The van der Waals surface area contributed by atoms with E-state index in [1.807, 2.05) is 0 Å². The summed E-state index contributed by atoms with van der Waals surface area (Å²) in [6, 6.07) is 4.57. The average Bonchev–Trinajstić information content (AvgIpc) is 1.69. The van der Waals surface area contributed by atoms with Crippen LogP contribution in [0.3, 0.4) is 0 Å². The van der Waals surface area contributed by atoms with E-state index in [9.17, 15) is 0 Å². The lowest BCUT2D eigenvalue weighted by Crippen LogP contribution is -1.65. The normalized spacial score (nSPS) is 8.71. The zero-order chi connectivity index (χ0) is 5.11. The molecule has 1 radical (unpaired) electrons. The van der Waals surface area contributed by atoms with Gasteiger partial charge in [-0.05, 0) is 6.07 Å². The largest absolute Gasteiger partial charge is 0.264 e. The molecule has 0 aliphatic heterocycles. The molecule has 0 spiro atoms. The van der Waals surface area contributed by atoms with Crippen LogP contribution in [0.2, 0.25) is 0 Å². The zero-order valence-electron chi connectivity index (χ0n) is 3.63. The number of nitrogens with zero attached hydrogens (tertiary/aromatic N) is 1. The van der Waals surface area contributed by atoms with Gasteiger partial charge >= 0.3 is 0 Å². The smallest absolute Gasteiger partial charge is 0.0358 e. The lowest BCUT2D eigenvalue weighted by molar-refractivity contribution is 1.26. The summed E-state index contributed by atoms with van der Waals surface area (Å²) in [5.41, 5.74) is 0. The Morgan fingerprint density at radius 3 is 2.86 bits per heavy atom. The highest BCUT2D eigenvalue weighted by Gasteiger charge is 1.75. The summed E-state index contributed by atoms with van der Waals surface area (Å²) >= 11 is 3.99. The van der Waals surface area contributed by atoms with Gasteiger partial charge in [-0.25, -0.2) is 0 Å². The van der Waals surface area contributed by atoms with Crippen LogP contribution in [-0.2, 0) is 0 Å². The summed E-state index contributed by atoms with van der Waals surface area (Å²) in [6.07, 6.45) is 3.27. The van der Waals surface area contributed by atoms with Crippen molar-refractivity contribution in [1.29, 1.82) is 0 Å². The van der Waals surface area contributed by atoms with Crippen LogP contribution >= 0.6 is 12.6 Å². The Morgan fingerprint density at radius 2 is 2.57 bits per heavy atom.